The van der Waals surface area contributed by atoms with Crippen LogP contribution in [-0.4, -0.2) is 26.2 Å². The van der Waals surface area contributed by atoms with Crippen LogP contribution in [0.4, 0.5) is 0 Å². The van der Waals surface area contributed by atoms with Crippen molar-refractivity contribution in [3.05, 3.63) is 35.4 Å². The second-order valence-corrected chi connectivity index (χ2v) is 5.77. The molecule has 1 rings (SSSR count). The number of carbonyl (C=O) groups is 1. The number of hydrogen-bond acceptors (Lipinski definition) is 3. The minimum atomic E-state index is -0.165. The Bertz CT molecular complexity index is 390. The van der Waals surface area contributed by atoms with Gasteiger partial charge in [-0.15, -0.1) is 0 Å². The summed E-state index contributed by atoms with van der Waals surface area (Å²) in [6.07, 6.45) is 1.41. The topological polar surface area (TPSA) is 38.3 Å². The maximum absolute atomic E-state index is 10.9. The van der Waals surface area contributed by atoms with E-state index in [0.29, 0.717) is 13.0 Å². The van der Waals surface area contributed by atoms with Gasteiger partial charge in [-0.2, -0.15) is 0 Å². The van der Waals surface area contributed by atoms with E-state index >= 15 is 0 Å². The maximum Gasteiger partial charge on any atom is 0.306 e. The Hall–Kier alpha value is -1.35. The Morgan fingerprint density at radius 1 is 1.16 bits per heavy atom. The van der Waals surface area contributed by atoms with Crippen molar-refractivity contribution < 1.29 is 9.53 Å². The number of rotatable bonds is 6. The van der Waals surface area contributed by atoms with Gasteiger partial charge >= 0.3 is 5.97 Å². The largest absolute Gasteiger partial charge is 0.469 e. The highest BCUT2D eigenvalue weighted by Gasteiger charge is 2.12. The van der Waals surface area contributed by atoms with Crippen LogP contribution in [0.5, 0.6) is 0 Å². The molecule has 0 saturated heterocycles. The summed E-state index contributed by atoms with van der Waals surface area (Å²) in [5.74, 6) is -0.165. The molecule has 0 aliphatic heterocycles. The lowest BCUT2D eigenvalue weighted by molar-refractivity contribution is -0.140. The van der Waals surface area contributed by atoms with Crippen LogP contribution >= 0.6 is 0 Å². The molecular formula is C16H25NO2. The van der Waals surface area contributed by atoms with E-state index in [-0.39, 0.29) is 11.4 Å². The Kier molecular flexibility index (Phi) is 6.03. The van der Waals surface area contributed by atoms with Gasteiger partial charge in [0.15, 0.2) is 0 Å². The van der Waals surface area contributed by atoms with Crippen LogP contribution < -0.4 is 5.32 Å². The van der Waals surface area contributed by atoms with Crippen LogP contribution in [0.25, 0.3) is 0 Å². The highest BCUT2D eigenvalue weighted by molar-refractivity contribution is 5.69. The van der Waals surface area contributed by atoms with Gasteiger partial charge in [0.25, 0.3) is 0 Å². The van der Waals surface area contributed by atoms with Gasteiger partial charge in [-0.1, -0.05) is 45.0 Å². The summed E-state index contributed by atoms with van der Waals surface area (Å²) in [7, 11) is 1.42. The van der Waals surface area contributed by atoms with Crippen molar-refractivity contribution in [3.8, 4) is 0 Å². The van der Waals surface area contributed by atoms with E-state index in [2.05, 4.69) is 55.1 Å². The molecule has 0 heterocycles. The van der Waals surface area contributed by atoms with E-state index < -0.39 is 0 Å². The van der Waals surface area contributed by atoms with Gasteiger partial charge in [0.1, 0.15) is 0 Å². The molecule has 0 unspecified atom stereocenters. The summed E-state index contributed by atoms with van der Waals surface area (Å²) < 4.78 is 4.58. The first-order valence-corrected chi connectivity index (χ1v) is 6.80. The van der Waals surface area contributed by atoms with Gasteiger partial charge in [0, 0.05) is 6.54 Å². The van der Waals surface area contributed by atoms with E-state index in [9.17, 15) is 4.79 Å². The Morgan fingerprint density at radius 3 is 2.32 bits per heavy atom. The number of methoxy groups -OCH3 is 1. The fourth-order valence-corrected chi connectivity index (χ4v) is 1.82. The van der Waals surface area contributed by atoms with Crippen LogP contribution in [0.15, 0.2) is 24.3 Å². The molecule has 1 aromatic carbocycles. The van der Waals surface area contributed by atoms with Gasteiger partial charge < -0.3 is 10.1 Å². The number of esters is 1. The molecule has 0 saturated carbocycles. The molecule has 106 valence electrons. The quantitative estimate of drug-likeness (QED) is 0.633. The SMILES string of the molecule is COC(=O)CCNCCc1ccc(C(C)(C)C)cc1. The maximum atomic E-state index is 10.9. The monoisotopic (exact) mass is 263 g/mol. The minimum Gasteiger partial charge on any atom is -0.469 e. The molecule has 19 heavy (non-hydrogen) atoms. The van der Waals surface area contributed by atoms with Gasteiger partial charge in [-0.25, -0.2) is 0 Å². The fraction of sp³-hybridized carbons (Fsp3) is 0.562. The molecule has 0 spiro atoms. The van der Waals surface area contributed by atoms with Crippen molar-refractivity contribution in [1.29, 1.82) is 0 Å². The highest BCUT2D eigenvalue weighted by atomic mass is 16.5. The Labute approximate surface area is 116 Å². The Balaban J connectivity index is 2.29. The lowest BCUT2D eigenvalue weighted by Crippen LogP contribution is -2.21. The van der Waals surface area contributed by atoms with E-state index in [1.165, 1.54) is 18.2 Å². The van der Waals surface area contributed by atoms with Gasteiger partial charge in [0.2, 0.25) is 0 Å². The normalized spacial score (nSPS) is 11.4. The van der Waals surface area contributed by atoms with E-state index in [0.717, 1.165) is 13.0 Å². The number of nitrogens with one attached hydrogen (secondary N) is 1. The van der Waals surface area contributed by atoms with E-state index in [1.54, 1.807) is 0 Å². The zero-order chi connectivity index (χ0) is 14.3. The third-order valence-electron chi connectivity index (χ3n) is 3.14. The van der Waals surface area contributed by atoms with Crippen molar-refractivity contribution in [2.75, 3.05) is 20.2 Å². The molecule has 0 aliphatic carbocycles. The third kappa shape index (κ3) is 5.88. The summed E-state index contributed by atoms with van der Waals surface area (Å²) in [6.45, 7) is 8.21. The molecule has 0 atom stereocenters. The zero-order valence-corrected chi connectivity index (χ0v) is 12.5. The highest BCUT2D eigenvalue weighted by Crippen LogP contribution is 2.22. The van der Waals surface area contributed by atoms with Crippen LogP contribution in [0.1, 0.15) is 38.3 Å². The molecule has 0 amide bonds. The van der Waals surface area contributed by atoms with Crippen molar-refractivity contribution in [2.45, 2.75) is 39.0 Å². The lowest BCUT2D eigenvalue weighted by atomic mass is 9.86. The smallest absolute Gasteiger partial charge is 0.306 e. The number of ether oxygens (including phenoxy) is 1. The van der Waals surface area contributed by atoms with E-state index in [4.69, 9.17) is 0 Å². The van der Waals surface area contributed by atoms with Crippen molar-refractivity contribution in [1.82, 2.24) is 5.32 Å². The molecule has 3 heteroatoms. The first-order valence-electron chi connectivity index (χ1n) is 6.80. The molecule has 1 N–H and O–H groups in total. The average Bonchev–Trinajstić information content (AvgIpc) is 2.37. The molecule has 3 nitrogen and oxygen atoms in total. The average molecular weight is 263 g/mol. The lowest BCUT2D eigenvalue weighted by Gasteiger charge is -2.19. The van der Waals surface area contributed by atoms with Gasteiger partial charge in [0.05, 0.1) is 13.5 Å². The van der Waals surface area contributed by atoms with Crippen LogP contribution in [0.2, 0.25) is 0 Å². The van der Waals surface area contributed by atoms with Gasteiger partial charge in [-0.05, 0) is 29.5 Å². The first-order chi connectivity index (χ1) is 8.93. The summed E-state index contributed by atoms with van der Waals surface area (Å²) in [4.78, 5) is 10.9. The van der Waals surface area contributed by atoms with Gasteiger partial charge in [-0.3, -0.25) is 4.79 Å². The third-order valence-corrected chi connectivity index (χ3v) is 3.14. The molecular weight excluding hydrogens is 238 g/mol. The van der Waals surface area contributed by atoms with Crippen LogP contribution in [-0.2, 0) is 21.4 Å². The summed E-state index contributed by atoms with van der Waals surface area (Å²) in [5.41, 5.74) is 2.88. The molecule has 0 bridgehead atoms. The minimum absolute atomic E-state index is 0.165. The van der Waals surface area contributed by atoms with Crippen molar-refractivity contribution in [2.24, 2.45) is 0 Å². The van der Waals surface area contributed by atoms with Crippen molar-refractivity contribution >= 4 is 5.97 Å². The first kappa shape index (κ1) is 15.7. The number of hydrogen-bond donors (Lipinski definition) is 1. The number of benzene rings is 1. The fourth-order valence-electron chi connectivity index (χ4n) is 1.82. The summed E-state index contributed by atoms with van der Waals surface area (Å²) in [5, 5.41) is 3.24. The molecule has 0 aliphatic rings. The molecule has 0 fully saturated rings. The zero-order valence-electron chi connectivity index (χ0n) is 12.5. The molecule has 1 aromatic rings. The predicted octanol–water partition coefficient (Wildman–Crippen LogP) is 2.68. The van der Waals surface area contributed by atoms with Crippen LogP contribution in [0, 0.1) is 0 Å². The standard InChI is InChI=1S/C16H25NO2/c1-16(2,3)14-7-5-13(6-8-14)9-11-17-12-10-15(18)19-4/h5-8,17H,9-12H2,1-4H3. The van der Waals surface area contributed by atoms with Crippen molar-refractivity contribution in [3.63, 3.8) is 0 Å². The summed E-state index contributed by atoms with van der Waals surface area (Å²) >= 11 is 0. The summed E-state index contributed by atoms with van der Waals surface area (Å²) in [6, 6.07) is 8.76. The molecule has 0 radical (unpaired) electrons. The second kappa shape index (κ2) is 7.29. The number of carbonyl (C=O) groups excluding carboxylic acids is 1. The van der Waals surface area contributed by atoms with E-state index in [1.807, 2.05) is 0 Å². The van der Waals surface area contributed by atoms with Crippen LogP contribution in [0.3, 0.4) is 0 Å². The molecule has 0 aromatic heterocycles. The second-order valence-electron chi connectivity index (χ2n) is 5.77. The predicted molar refractivity (Wildman–Crippen MR) is 78.3 cm³/mol. The Morgan fingerprint density at radius 2 is 1.79 bits per heavy atom.